The molecule has 2 aliphatic heterocycles. The summed E-state index contributed by atoms with van der Waals surface area (Å²) < 4.78 is 17.5. The van der Waals surface area contributed by atoms with E-state index in [1.807, 2.05) is 19.1 Å². The van der Waals surface area contributed by atoms with Gasteiger partial charge in [-0.05, 0) is 138 Å². The summed E-state index contributed by atoms with van der Waals surface area (Å²) in [5.74, 6) is 3.96. The van der Waals surface area contributed by atoms with E-state index in [1.165, 1.54) is 43.9 Å². The average molecular weight is 619 g/mol. The van der Waals surface area contributed by atoms with Crippen LogP contribution < -0.4 is 9.47 Å². The first-order valence-corrected chi connectivity index (χ1v) is 16.9. The lowest BCUT2D eigenvalue weighted by Gasteiger charge is -2.38. The molecular weight excluding hydrogens is 572 g/mol. The molecule has 4 bridgehead atoms. The number of phenolic OH excluding ortho intramolecular Hbond substituents is 2. The molecule has 0 radical (unpaired) electrons. The van der Waals surface area contributed by atoms with Gasteiger partial charge in [0.1, 0.15) is 34.2 Å². The number of ether oxygens (including phenoxy) is 3. The summed E-state index contributed by atoms with van der Waals surface area (Å²) in [6.07, 6.45) is 12.2. The van der Waals surface area contributed by atoms with Crippen molar-refractivity contribution >= 4 is 11.9 Å². The summed E-state index contributed by atoms with van der Waals surface area (Å²) in [5, 5.41) is 29.8. The highest BCUT2D eigenvalue weighted by Gasteiger charge is 2.46. The smallest absolute Gasteiger partial charge is 0.305 e. The molecule has 2 aromatic rings. The Morgan fingerprint density at radius 3 is 1.60 bits per heavy atom. The van der Waals surface area contributed by atoms with Gasteiger partial charge in [-0.25, -0.2) is 0 Å². The van der Waals surface area contributed by atoms with Gasteiger partial charge in [-0.3, -0.25) is 9.59 Å². The van der Waals surface area contributed by atoms with Gasteiger partial charge in [0.05, 0.1) is 7.11 Å². The molecule has 6 aliphatic rings. The number of hydrogen-bond acceptors (Lipinski definition) is 7. The van der Waals surface area contributed by atoms with E-state index in [9.17, 15) is 19.8 Å². The number of esters is 1. The summed E-state index contributed by atoms with van der Waals surface area (Å²) in [6, 6.07) is 3.79. The monoisotopic (exact) mass is 618 g/mol. The van der Waals surface area contributed by atoms with Crippen LogP contribution in [0.3, 0.4) is 0 Å². The van der Waals surface area contributed by atoms with Gasteiger partial charge in [0.25, 0.3) is 0 Å². The lowest BCUT2D eigenvalue weighted by Crippen LogP contribution is -2.37. The fraction of sp³-hybridized carbons (Fsp3) is 0.622. The fourth-order valence-electron chi connectivity index (χ4n) is 9.36. The number of aromatic hydroxyl groups is 2. The number of benzene rings is 2. The second-order valence-electron chi connectivity index (χ2n) is 14.9. The van der Waals surface area contributed by atoms with E-state index >= 15 is 0 Å². The number of carbonyl (C=O) groups excluding carboxylic acids is 1. The summed E-state index contributed by atoms with van der Waals surface area (Å²) in [5.41, 5.74) is 6.23. The van der Waals surface area contributed by atoms with Crippen LogP contribution in [0.5, 0.6) is 23.0 Å². The maximum atomic E-state index is 11.5. The second-order valence-corrected chi connectivity index (χ2v) is 14.9. The third-order valence-corrected chi connectivity index (χ3v) is 11.8. The van der Waals surface area contributed by atoms with Crippen molar-refractivity contribution in [3.63, 3.8) is 0 Å². The molecule has 2 aromatic carbocycles. The zero-order chi connectivity index (χ0) is 31.7. The number of carboxylic acid groups (broad SMARTS) is 1. The molecule has 8 nitrogen and oxygen atoms in total. The highest BCUT2D eigenvalue weighted by molar-refractivity contribution is 5.69. The molecular formula is C37H46O8. The Balaban J connectivity index is 0.000000145. The topological polar surface area (TPSA) is 123 Å². The van der Waals surface area contributed by atoms with Gasteiger partial charge in [-0.2, -0.15) is 0 Å². The number of carboxylic acids is 1. The maximum Gasteiger partial charge on any atom is 0.305 e. The van der Waals surface area contributed by atoms with Crippen molar-refractivity contribution in [3.8, 4) is 23.0 Å². The van der Waals surface area contributed by atoms with E-state index in [0.717, 1.165) is 72.3 Å². The summed E-state index contributed by atoms with van der Waals surface area (Å²) in [6.45, 7) is 4.11. The lowest BCUT2D eigenvalue weighted by molar-refractivity contribution is -0.142. The number of methoxy groups -OCH3 is 1. The number of rotatable bonds is 6. The van der Waals surface area contributed by atoms with Crippen molar-refractivity contribution in [3.05, 3.63) is 45.5 Å². The maximum absolute atomic E-state index is 11.5. The van der Waals surface area contributed by atoms with Crippen LogP contribution in [0.25, 0.3) is 0 Å². The third-order valence-electron chi connectivity index (χ3n) is 11.8. The zero-order valence-corrected chi connectivity index (χ0v) is 26.7. The van der Waals surface area contributed by atoms with E-state index in [0.29, 0.717) is 54.4 Å². The van der Waals surface area contributed by atoms with Gasteiger partial charge in [-0.15, -0.1) is 0 Å². The SMILES string of the molecule is CC1(CCC(=O)O)CCc2cc(O)c3c(c2O1)C1CCC3C1.COC(=O)CCC1(C)CCc2cc(O)c3c(c2O1)C1CCC3C1. The molecule has 0 aromatic heterocycles. The second kappa shape index (κ2) is 11.1. The van der Waals surface area contributed by atoms with Crippen molar-refractivity contribution in [2.75, 3.05) is 7.11 Å². The zero-order valence-electron chi connectivity index (χ0n) is 26.7. The van der Waals surface area contributed by atoms with Crippen LogP contribution in [0.4, 0.5) is 0 Å². The summed E-state index contributed by atoms with van der Waals surface area (Å²) in [7, 11) is 1.42. The molecule has 2 saturated carbocycles. The molecule has 0 saturated heterocycles. The number of aryl methyl sites for hydroxylation is 2. The van der Waals surface area contributed by atoms with Gasteiger partial charge in [-0.1, -0.05) is 0 Å². The Labute approximate surface area is 265 Å². The molecule has 0 spiro atoms. The number of carbonyl (C=O) groups is 2. The van der Waals surface area contributed by atoms with Crippen molar-refractivity contribution in [2.45, 2.75) is 139 Å². The minimum Gasteiger partial charge on any atom is -0.508 e. The van der Waals surface area contributed by atoms with E-state index in [4.69, 9.17) is 19.3 Å². The highest BCUT2D eigenvalue weighted by atomic mass is 16.5. The Morgan fingerprint density at radius 1 is 0.756 bits per heavy atom. The van der Waals surface area contributed by atoms with Gasteiger partial charge < -0.3 is 29.5 Å². The van der Waals surface area contributed by atoms with Crippen molar-refractivity contribution in [1.29, 1.82) is 0 Å². The Morgan fingerprint density at radius 2 is 1.18 bits per heavy atom. The van der Waals surface area contributed by atoms with Gasteiger partial charge >= 0.3 is 11.9 Å². The molecule has 4 aliphatic carbocycles. The molecule has 8 rings (SSSR count). The van der Waals surface area contributed by atoms with Crippen LogP contribution in [0, 0.1) is 0 Å². The molecule has 45 heavy (non-hydrogen) atoms. The highest BCUT2D eigenvalue weighted by Crippen LogP contribution is 2.62. The first-order valence-electron chi connectivity index (χ1n) is 16.9. The van der Waals surface area contributed by atoms with Gasteiger partial charge in [0.15, 0.2) is 0 Å². The van der Waals surface area contributed by atoms with Crippen LogP contribution in [0.2, 0.25) is 0 Å². The number of hydrogen-bond donors (Lipinski definition) is 3. The number of aliphatic carboxylic acids is 1. The van der Waals surface area contributed by atoms with Gasteiger partial charge in [0, 0.05) is 35.1 Å². The predicted octanol–water partition coefficient (Wildman–Crippen LogP) is 7.50. The van der Waals surface area contributed by atoms with Crippen LogP contribution in [0.1, 0.15) is 148 Å². The van der Waals surface area contributed by atoms with E-state index in [-0.39, 0.29) is 18.0 Å². The standard InChI is InChI=1S/C19H24O4.C18H22O4/c1-19(8-6-15(21)22-2)7-5-13-10-14(20)16-11-3-4-12(9-11)17(16)18(13)23-19;1-18(7-5-14(20)21)6-4-12-9-13(19)15-10-2-3-11(8-10)16(15)17(12)22-18/h10-12,20H,3-9H2,1-2H3;9-11,19H,2-8H2,1H3,(H,20,21). The summed E-state index contributed by atoms with van der Waals surface area (Å²) in [4.78, 5) is 22.3. The molecule has 3 N–H and O–H groups in total. The predicted molar refractivity (Wildman–Crippen MR) is 168 cm³/mol. The molecule has 2 heterocycles. The van der Waals surface area contributed by atoms with Crippen LogP contribution in [-0.2, 0) is 27.2 Å². The van der Waals surface area contributed by atoms with Crippen LogP contribution >= 0.6 is 0 Å². The molecule has 6 atom stereocenters. The van der Waals surface area contributed by atoms with Crippen molar-refractivity contribution in [2.24, 2.45) is 0 Å². The normalized spacial score (nSPS) is 31.0. The van der Waals surface area contributed by atoms with E-state index < -0.39 is 11.6 Å². The largest absolute Gasteiger partial charge is 0.508 e. The Bertz CT molecular complexity index is 1550. The molecule has 2 fully saturated rings. The Kier molecular flexibility index (Phi) is 7.48. The molecule has 242 valence electrons. The van der Waals surface area contributed by atoms with Gasteiger partial charge in [0.2, 0.25) is 0 Å². The Hall–Kier alpha value is -3.42. The minimum atomic E-state index is -0.773. The first-order chi connectivity index (χ1) is 21.5. The molecule has 0 amide bonds. The van der Waals surface area contributed by atoms with E-state index in [1.54, 1.807) is 0 Å². The summed E-state index contributed by atoms with van der Waals surface area (Å²) >= 11 is 0. The first kappa shape index (κ1) is 30.2. The number of phenols is 2. The number of fused-ring (bicyclic) bond motifs is 14. The van der Waals surface area contributed by atoms with Crippen molar-refractivity contribution in [1.82, 2.24) is 0 Å². The van der Waals surface area contributed by atoms with Crippen LogP contribution in [-0.4, -0.2) is 45.6 Å². The quantitative estimate of drug-likeness (QED) is 0.285. The van der Waals surface area contributed by atoms with Crippen molar-refractivity contribution < 1.29 is 39.1 Å². The fourth-order valence-corrected chi connectivity index (χ4v) is 9.36. The average Bonchev–Trinajstić information content (AvgIpc) is 3.83. The minimum absolute atomic E-state index is 0.137. The van der Waals surface area contributed by atoms with E-state index in [2.05, 4.69) is 6.92 Å². The lowest BCUT2D eigenvalue weighted by atomic mass is 9.83. The third kappa shape index (κ3) is 5.32. The molecule has 6 unspecified atom stereocenters. The van der Waals surface area contributed by atoms with Crippen LogP contribution in [0.15, 0.2) is 12.1 Å². The molecule has 8 heteroatoms.